The van der Waals surface area contributed by atoms with Crippen molar-refractivity contribution < 1.29 is 9.66 Å². The summed E-state index contributed by atoms with van der Waals surface area (Å²) in [6.45, 7) is 2.07. The summed E-state index contributed by atoms with van der Waals surface area (Å²) < 4.78 is 5.27. The third-order valence-electron chi connectivity index (χ3n) is 2.15. The molecule has 1 aliphatic carbocycles. The number of nitrogens with zero attached hydrogens (tertiary/aromatic N) is 1. The minimum atomic E-state index is -1.40. The summed E-state index contributed by atoms with van der Waals surface area (Å²) in [5.41, 5.74) is -1.40. The summed E-state index contributed by atoms with van der Waals surface area (Å²) in [6.07, 6.45) is 6.74. The molecule has 1 rings (SSSR count). The van der Waals surface area contributed by atoms with Crippen molar-refractivity contribution in [1.29, 1.82) is 0 Å². The first-order valence-electron chi connectivity index (χ1n) is 4.37. The summed E-state index contributed by atoms with van der Waals surface area (Å²) in [4.78, 5) is 10.6. The van der Waals surface area contributed by atoms with Gasteiger partial charge in [0, 0.05) is 11.4 Å². The summed E-state index contributed by atoms with van der Waals surface area (Å²) in [5, 5.41) is 11.5. The Hall–Kier alpha value is -0.680. The Kier molecular flexibility index (Phi) is 3.83. The van der Waals surface area contributed by atoms with Crippen molar-refractivity contribution in [3.8, 4) is 0 Å². The van der Waals surface area contributed by atoms with Crippen molar-refractivity contribution >= 4 is 15.9 Å². The lowest BCUT2D eigenvalue weighted by atomic mass is 9.93. The third-order valence-corrected chi connectivity index (χ3v) is 2.85. The lowest BCUT2D eigenvalue weighted by Crippen LogP contribution is -2.47. The Morgan fingerprint density at radius 1 is 1.64 bits per heavy atom. The largest absolute Gasteiger partial charge is 0.351 e. The molecule has 0 bridgehead atoms. The smallest absolute Gasteiger partial charge is 0.311 e. The van der Waals surface area contributed by atoms with Gasteiger partial charge in [0.1, 0.15) is 0 Å². The molecule has 0 spiro atoms. The molecular formula is C9H12BrNO3. The van der Waals surface area contributed by atoms with Crippen LogP contribution in [0.25, 0.3) is 0 Å². The predicted octanol–water partition coefficient (Wildman–Crippen LogP) is 2.13. The number of halogens is 1. The van der Waals surface area contributed by atoms with Crippen LogP contribution in [0, 0.1) is 16.0 Å². The Morgan fingerprint density at radius 2 is 2.36 bits per heavy atom. The van der Waals surface area contributed by atoms with E-state index in [1.807, 2.05) is 0 Å². The normalized spacial score (nSPS) is 30.6. The Bertz CT molecular complexity index is 277. The molecule has 0 amide bonds. The number of rotatable bonds is 4. The molecule has 2 unspecified atom stereocenters. The summed E-state index contributed by atoms with van der Waals surface area (Å²) >= 11 is 3.26. The maximum absolute atomic E-state index is 11.0. The molecule has 0 N–H and O–H groups in total. The van der Waals surface area contributed by atoms with Gasteiger partial charge < -0.3 is 4.74 Å². The molecule has 1 aliphatic rings. The van der Waals surface area contributed by atoms with Crippen molar-refractivity contribution in [2.45, 2.75) is 12.6 Å². The molecule has 0 saturated heterocycles. The molecule has 14 heavy (non-hydrogen) atoms. The van der Waals surface area contributed by atoms with E-state index in [2.05, 4.69) is 15.9 Å². The van der Waals surface area contributed by atoms with Crippen LogP contribution in [0.15, 0.2) is 24.3 Å². The number of allylic oxidation sites excluding steroid dienone is 2. The van der Waals surface area contributed by atoms with Crippen LogP contribution in [0.5, 0.6) is 0 Å². The van der Waals surface area contributed by atoms with Gasteiger partial charge in [-0.3, -0.25) is 10.1 Å². The average molecular weight is 262 g/mol. The second kappa shape index (κ2) is 4.70. The molecule has 0 fully saturated rings. The first-order chi connectivity index (χ1) is 6.67. The molecule has 4 nitrogen and oxygen atoms in total. The Morgan fingerprint density at radius 3 is 2.86 bits per heavy atom. The molecule has 0 aliphatic heterocycles. The minimum Gasteiger partial charge on any atom is -0.311 e. The molecule has 0 aromatic rings. The fraction of sp³-hybridized carbons (Fsp3) is 0.556. The van der Waals surface area contributed by atoms with Gasteiger partial charge in [0.2, 0.25) is 0 Å². The summed E-state index contributed by atoms with van der Waals surface area (Å²) in [7, 11) is 0. The van der Waals surface area contributed by atoms with Gasteiger partial charge in [-0.2, -0.15) is 0 Å². The van der Waals surface area contributed by atoms with Crippen LogP contribution in [0.1, 0.15) is 6.92 Å². The monoisotopic (exact) mass is 261 g/mol. The molecule has 78 valence electrons. The van der Waals surface area contributed by atoms with Crippen molar-refractivity contribution in [3.63, 3.8) is 0 Å². The van der Waals surface area contributed by atoms with Gasteiger partial charge in [0.15, 0.2) is 0 Å². The van der Waals surface area contributed by atoms with Gasteiger partial charge in [-0.1, -0.05) is 34.2 Å². The number of alkyl halides is 1. The van der Waals surface area contributed by atoms with E-state index in [4.69, 9.17) is 4.74 Å². The third kappa shape index (κ3) is 1.88. The van der Waals surface area contributed by atoms with Gasteiger partial charge in [0.05, 0.1) is 17.4 Å². The molecule has 0 aromatic heterocycles. The van der Waals surface area contributed by atoms with Gasteiger partial charge in [-0.05, 0) is 6.92 Å². The summed E-state index contributed by atoms with van der Waals surface area (Å²) in [6, 6.07) is 0. The SMILES string of the molecule is CCOC1([N+](=O)[O-])C=CC=CC1CBr. The fourth-order valence-corrected chi connectivity index (χ4v) is 2.13. The Labute approximate surface area is 90.9 Å². The van der Waals surface area contributed by atoms with E-state index in [1.54, 1.807) is 25.2 Å². The van der Waals surface area contributed by atoms with Gasteiger partial charge in [-0.25, -0.2) is 0 Å². The van der Waals surface area contributed by atoms with Crippen LogP contribution in [0.3, 0.4) is 0 Å². The molecule has 5 heteroatoms. The molecule has 0 radical (unpaired) electrons. The van der Waals surface area contributed by atoms with Crippen LogP contribution in [0.4, 0.5) is 0 Å². The van der Waals surface area contributed by atoms with Crippen LogP contribution in [-0.4, -0.2) is 22.6 Å². The number of nitro groups is 1. The minimum absolute atomic E-state index is 0.262. The van der Waals surface area contributed by atoms with Crippen molar-refractivity contribution in [1.82, 2.24) is 0 Å². The van der Waals surface area contributed by atoms with E-state index in [1.165, 1.54) is 6.08 Å². The highest BCUT2D eigenvalue weighted by atomic mass is 79.9. The van der Waals surface area contributed by atoms with E-state index in [9.17, 15) is 10.1 Å². The van der Waals surface area contributed by atoms with Crippen LogP contribution in [-0.2, 0) is 4.74 Å². The van der Waals surface area contributed by atoms with Crippen LogP contribution >= 0.6 is 15.9 Å². The van der Waals surface area contributed by atoms with E-state index in [-0.39, 0.29) is 10.8 Å². The zero-order chi connectivity index (χ0) is 10.6. The first kappa shape index (κ1) is 11.4. The van der Waals surface area contributed by atoms with E-state index in [0.29, 0.717) is 11.9 Å². The number of hydrogen-bond donors (Lipinski definition) is 0. The summed E-state index contributed by atoms with van der Waals surface area (Å²) in [5.74, 6) is -0.262. The second-order valence-electron chi connectivity index (χ2n) is 2.95. The molecule has 0 heterocycles. The maximum Gasteiger partial charge on any atom is 0.351 e. The van der Waals surface area contributed by atoms with Gasteiger partial charge in [-0.15, -0.1) is 0 Å². The average Bonchev–Trinajstić information content (AvgIpc) is 2.18. The molecule has 2 atom stereocenters. The molecular weight excluding hydrogens is 250 g/mol. The van der Waals surface area contributed by atoms with Gasteiger partial charge in [0.25, 0.3) is 0 Å². The van der Waals surface area contributed by atoms with Crippen LogP contribution in [0.2, 0.25) is 0 Å². The molecule has 0 saturated carbocycles. The fourth-order valence-electron chi connectivity index (χ4n) is 1.45. The highest BCUT2D eigenvalue weighted by Crippen LogP contribution is 2.30. The highest BCUT2D eigenvalue weighted by molar-refractivity contribution is 9.09. The number of ether oxygens (including phenoxy) is 1. The highest BCUT2D eigenvalue weighted by Gasteiger charge is 2.48. The molecule has 0 aromatic carbocycles. The topological polar surface area (TPSA) is 52.4 Å². The van der Waals surface area contributed by atoms with E-state index in [0.717, 1.165) is 0 Å². The first-order valence-corrected chi connectivity index (χ1v) is 5.50. The van der Waals surface area contributed by atoms with Crippen LogP contribution < -0.4 is 0 Å². The maximum atomic E-state index is 11.0. The second-order valence-corrected chi connectivity index (χ2v) is 3.59. The van der Waals surface area contributed by atoms with E-state index >= 15 is 0 Å². The zero-order valence-electron chi connectivity index (χ0n) is 7.85. The standard InChI is InChI=1S/C9H12BrNO3/c1-2-14-9(11(12)13)6-4-3-5-8(9)7-10/h3-6,8H,2,7H2,1H3. The quantitative estimate of drug-likeness (QED) is 0.337. The van der Waals surface area contributed by atoms with Crippen molar-refractivity contribution in [3.05, 3.63) is 34.4 Å². The van der Waals surface area contributed by atoms with E-state index < -0.39 is 5.72 Å². The lowest BCUT2D eigenvalue weighted by Gasteiger charge is -2.28. The van der Waals surface area contributed by atoms with Crippen molar-refractivity contribution in [2.75, 3.05) is 11.9 Å². The van der Waals surface area contributed by atoms with Crippen molar-refractivity contribution in [2.24, 2.45) is 5.92 Å². The number of hydrogen-bond acceptors (Lipinski definition) is 3. The zero-order valence-corrected chi connectivity index (χ0v) is 9.44. The predicted molar refractivity (Wildman–Crippen MR) is 56.9 cm³/mol. The lowest BCUT2D eigenvalue weighted by molar-refractivity contribution is -0.621. The Balaban J connectivity index is 2.99. The van der Waals surface area contributed by atoms with Gasteiger partial charge >= 0.3 is 5.72 Å².